The molecule has 0 aromatic carbocycles. The van der Waals surface area contributed by atoms with Gasteiger partial charge in [-0.1, -0.05) is 77.6 Å². The molecule has 1 aromatic heterocycles. The Bertz CT molecular complexity index is 491. The highest BCUT2D eigenvalue weighted by Crippen LogP contribution is 2.12. The van der Waals surface area contributed by atoms with E-state index in [-0.39, 0.29) is 11.8 Å². The van der Waals surface area contributed by atoms with Crippen LogP contribution in [0.5, 0.6) is 0 Å². The molecule has 0 fully saturated rings. The first-order valence-corrected chi connectivity index (χ1v) is 10.2. The normalized spacial score (nSPS) is 10.5. The second-order valence-corrected chi connectivity index (χ2v) is 6.88. The smallest absolute Gasteiger partial charge is 0.269 e. The molecule has 5 heteroatoms. The summed E-state index contributed by atoms with van der Waals surface area (Å²) in [6.07, 6.45) is 18.8. The summed E-state index contributed by atoms with van der Waals surface area (Å²) in [6.45, 7) is 2.25. The second-order valence-electron chi connectivity index (χ2n) is 6.88. The van der Waals surface area contributed by atoms with Crippen LogP contribution in [0.3, 0.4) is 0 Å². The third kappa shape index (κ3) is 11.6. The van der Waals surface area contributed by atoms with Crippen molar-refractivity contribution in [3.63, 3.8) is 0 Å². The highest BCUT2D eigenvalue weighted by molar-refractivity contribution is 5.95. The molecule has 26 heavy (non-hydrogen) atoms. The monoisotopic (exact) mass is 361 g/mol. The van der Waals surface area contributed by atoms with Crippen molar-refractivity contribution >= 4 is 11.8 Å². The summed E-state index contributed by atoms with van der Waals surface area (Å²) in [6, 6.07) is 3.21. The maximum atomic E-state index is 11.8. The van der Waals surface area contributed by atoms with Crippen LogP contribution in [0.4, 0.5) is 0 Å². The van der Waals surface area contributed by atoms with Crippen molar-refractivity contribution in [3.8, 4) is 0 Å². The van der Waals surface area contributed by atoms with Crippen LogP contribution in [0, 0.1) is 0 Å². The summed E-state index contributed by atoms with van der Waals surface area (Å²) in [5, 5.41) is 0. The Hall–Kier alpha value is -1.91. The predicted octanol–water partition coefficient (Wildman–Crippen LogP) is 4.93. The van der Waals surface area contributed by atoms with Gasteiger partial charge in [-0.2, -0.15) is 0 Å². The first-order valence-electron chi connectivity index (χ1n) is 10.2. The molecule has 0 saturated carbocycles. The van der Waals surface area contributed by atoms with Crippen LogP contribution in [0.15, 0.2) is 24.5 Å². The molecule has 0 atom stereocenters. The summed E-state index contributed by atoms with van der Waals surface area (Å²) in [5.74, 6) is -0.463. The minimum atomic E-state index is -0.324. The van der Waals surface area contributed by atoms with Crippen LogP contribution >= 0.6 is 0 Å². The summed E-state index contributed by atoms with van der Waals surface area (Å²) in [5.41, 5.74) is 5.37. The van der Waals surface area contributed by atoms with Crippen molar-refractivity contribution in [2.75, 3.05) is 0 Å². The number of hydrogen-bond acceptors (Lipinski definition) is 3. The average Bonchev–Trinajstić information content (AvgIpc) is 2.67. The zero-order valence-corrected chi connectivity index (χ0v) is 16.3. The van der Waals surface area contributed by atoms with Gasteiger partial charge in [-0.25, -0.2) is 0 Å². The Morgan fingerprint density at radius 3 is 1.81 bits per heavy atom. The van der Waals surface area contributed by atoms with E-state index in [9.17, 15) is 9.59 Å². The van der Waals surface area contributed by atoms with Crippen molar-refractivity contribution in [1.29, 1.82) is 0 Å². The molecule has 5 nitrogen and oxygen atoms in total. The largest absolute Gasteiger partial charge is 0.273 e. The number of carbonyl (C=O) groups is 2. The molecule has 146 valence electrons. The van der Waals surface area contributed by atoms with E-state index in [2.05, 4.69) is 22.8 Å². The standard InChI is InChI=1S/C21H35N3O2/c1-2-3-4-5-6-7-8-9-10-11-12-13-14-20(25)23-24-21(26)19-15-17-22-18-16-19/h15-18H,2-14H2,1H3,(H,23,25)(H,24,26). The fourth-order valence-corrected chi connectivity index (χ4v) is 2.89. The molecule has 1 rings (SSSR count). The SMILES string of the molecule is CCCCCCCCCCCCCCC(=O)NNC(=O)c1ccncc1. The van der Waals surface area contributed by atoms with Crippen molar-refractivity contribution in [1.82, 2.24) is 15.8 Å². The van der Waals surface area contributed by atoms with Crippen LogP contribution in [0.1, 0.15) is 101 Å². The molecule has 0 spiro atoms. The molecule has 0 saturated heterocycles. The number of unbranched alkanes of at least 4 members (excludes halogenated alkanes) is 11. The minimum Gasteiger partial charge on any atom is -0.273 e. The number of hydrogen-bond donors (Lipinski definition) is 2. The minimum absolute atomic E-state index is 0.139. The Morgan fingerprint density at radius 1 is 0.769 bits per heavy atom. The van der Waals surface area contributed by atoms with E-state index in [0.29, 0.717) is 12.0 Å². The van der Waals surface area contributed by atoms with Gasteiger partial charge in [0.1, 0.15) is 0 Å². The average molecular weight is 362 g/mol. The van der Waals surface area contributed by atoms with E-state index in [0.717, 1.165) is 12.8 Å². The summed E-state index contributed by atoms with van der Waals surface area (Å²) >= 11 is 0. The van der Waals surface area contributed by atoms with Crippen LogP contribution in [0.25, 0.3) is 0 Å². The fraction of sp³-hybridized carbons (Fsp3) is 0.667. The van der Waals surface area contributed by atoms with Crippen LogP contribution in [-0.2, 0) is 4.79 Å². The van der Waals surface area contributed by atoms with E-state index in [1.807, 2.05) is 0 Å². The van der Waals surface area contributed by atoms with Gasteiger partial charge in [0.05, 0.1) is 0 Å². The van der Waals surface area contributed by atoms with Gasteiger partial charge in [0.15, 0.2) is 0 Å². The van der Waals surface area contributed by atoms with Gasteiger partial charge in [-0.15, -0.1) is 0 Å². The lowest BCUT2D eigenvalue weighted by Gasteiger charge is -2.07. The first kappa shape index (κ1) is 22.1. The van der Waals surface area contributed by atoms with Gasteiger partial charge < -0.3 is 0 Å². The molecule has 2 N–H and O–H groups in total. The highest BCUT2D eigenvalue weighted by atomic mass is 16.2. The zero-order valence-electron chi connectivity index (χ0n) is 16.3. The molecule has 2 amide bonds. The lowest BCUT2D eigenvalue weighted by molar-refractivity contribution is -0.122. The van der Waals surface area contributed by atoms with Crippen molar-refractivity contribution in [2.24, 2.45) is 0 Å². The van der Waals surface area contributed by atoms with Gasteiger partial charge in [0.25, 0.3) is 5.91 Å². The molecule has 1 heterocycles. The molecule has 1 aromatic rings. The quantitative estimate of drug-likeness (QED) is 0.364. The van der Waals surface area contributed by atoms with Gasteiger partial charge in [0.2, 0.25) is 5.91 Å². The highest BCUT2D eigenvalue weighted by Gasteiger charge is 2.06. The molecule has 0 aliphatic rings. The first-order chi connectivity index (χ1) is 12.7. The summed E-state index contributed by atoms with van der Waals surface area (Å²) in [7, 11) is 0. The van der Waals surface area contributed by atoms with Gasteiger partial charge in [-0.05, 0) is 18.6 Å². The number of pyridine rings is 1. The topological polar surface area (TPSA) is 71.1 Å². The second kappa shape index (κ2) is 15.4. The Labute approximate surface area is 158 Å². The number of hydrazine groups is 1. The van der Waals surface area contributed by atoms with Crippen molar-refractivity contribution in [3.05, 3.63) is 30.1 Å². The van der Waals surface area contributed by atoms with Crippen molar-refractivity contribution < 1.29 is 9.59 Å². The molecular weight excluding hydrogens is 326 g/mol. The van der Waals surface area contributed by atoms with Crippen molar-refractivity contribution in [2.45, 2.75) is 90.4 Å². The maximum Gasteiger partial charge on any atom is 0.269 e. The summed E-state index contributed by atoms with van der Waals surface area (Å²) < 4.78 is 0. The van der Waals surface area contributed by atoms with Gasteiger partial charge in [-0.3, -0.25) is 25.4 Å². The zero-order chi connectivity index (χ0) is 18.9. The Morgan fingerprint density at radius 2 is 1.27 bits per heavy atom. The van der Waals surface area contributed by atoms with E-state index in [1.165, 1.54) is 64.2 Å². The fourth-order valence-electron chi connectivity index (χ4n) is 2.89. The van der Waals surface area contributed by atoms with E-state index in [4.69, 9.17) is 0 Å². The Kier molecular flexibility index (Phi) is 13.1. The number of aromatic nitrogens is 1. The maximum absolute atomic E-state index is 11.8. The summed E-state index contributed by atoms with van der Waals surface area (Å²) in [4.78, 5) is 27.3. The van der Waals surface area contributed by atoms with Crippen LogP contribution in [-0.4, -0.2) is 16.8 Å². The van der Waals surface area contributed by atoms with E-state index in [1.54, 1.807) is 24.5 Å². The molecule has 0 aliphatic heterocycles. The lowest BCUT2D eigenvalue weighted by Crippen LogP contribution is -2.41. The number of carbonyl (C=O) groups excluding carboxylic acids is 2. The Balaban J connectivity index is 1.89. The predicted molar refractivity (Wildman–Crippen MR) is 106 cm³/mol. The third-order valence-corrected chi connectivity index (χ3v) is 4.52. The van der Waals surface area contributed by atoms with E-state index < -0.39 is 0 Å². The van der Waals surface area contributed by atoms with Crippen LogP contribution in [0.2, 0.25) is 0 Å². The third-order valence-electron chi connectivity index (χ3n) is 4.52. The van der Waals surface area contributed by atoms with Gasteiger partial charge >= 0.3 is 0 Å². The number of nitrogens with zero attached hydrogens (tertiary/aromatic N) is 1. The molecular formula is C21H35N3O2. The number of nitrogens with one attached hydrogen (secondary N) is 2. The van der Waals surface area contributed by atoms with Gasteiger partial charge in [0, 0.05) is 24.4 Å². The molecule has 0 radical (unpaired) electrons. The lowest BCUT2D eigenvalue weighted by atomic mass is 10.0. The molecule has 0 unspecified atom stereocenters. The number of rotatable bonds is 14. The molecule has 0 aliphatic carbocycles. The van der Waals surface area contributed by atoms with Crippen LogP contribution < -0.4 is 10.9 Å². The van der Waals surface area contributed by atoms with E-state index >= 15 is 0 Å². The molecule has 0 bridgehead atoms. The number of amides is 2.